The van der Waals surface area contributed by atoms with E-state index in [1.54, 1.807) is 55.3 Å². The zero-order valence-corrected chi connectivity index (χ0v) is 17.1. The zero-order valence-electron chi connectivity index (χ0n) is 17.1. The Labute approximate surface area is 175 Å². The van der Waals surface area contributed by atoms with Gasteiger partial charge in [-0.05, 0) is 13.0 Å². The van der Waals surface area contributed by atoms with Crippen LogP contribution in [0.2, 0.25) is 0 Å². The number of carbonyl (C=O) groups excluding carboxylic acids is 1. The average Bonchev–Trinajstić information content (AvgIpc) is 3.28. The number of fused-ring (bicyclic) bond motifs is 1. The SMILES string of the molecule is Cc1nn(C)cc1CN(C)C(=O)c1cc2nc(-c3ccccc3)cc(C(F)(F)F)n2n1. The van der Waals surface area contributed by atoms with E-state index in [0.717, 1.165) is 17.3 Å². The monoisotopic (exact) mass is 428 g/mol. The van der Waals surface area contributed by atoms with Crippen LogP contribution in [0, 0.1) is 6.92 Å². The summed E-state index contributed by atoms with van der Waals surface area (Å²) >= 11 is 0. The van der Waals surface area contributed by atoms with Crippen LogP contribution in [0.1, 0.15) is 27.4 Å². The second-order valence-electron chi connectivity index (χ2n) is 7.26. The molecule has 0 spiro atoms. The van der Waals surface area contributed by atoms with Gasteiger partial charge in [-0.1, -0.05) is 30.3 Å². The van der Waals surface area contributed by atoms with E-state index in [4.69, 9.17) is 0 Å². The first-order valence-electron chi connectivity index (χ1n) is 9.41. The molecule has 0 bridgehead atoms. The summed E-state index contributed by atoms with van der Waals surface area (Å²) < 4.78 is 43.5. The van der Waals surface area contributed by atoms with Gasteiger partial charge in [0.2, 0.25) is 0 Å². The summed E-state index contributed by atoms with van der Waals surface area (Å²) in [7, 11) is 3.33. The van der Waals surface area contributed by atoms with Crippen LogP contribution in [0.5, 0.6) is 0 Å². The number of hydrogen-bond donors (Lipinski definition) is 0. The number of alkyl halides is 3. The number of benzene rings is 1. The van der Waals surface area contributed by atoms with Gasteiger partial charge in [-0.3, -0.25) is 9.48 Å². The summed E-state index contributed by atoms with van der Waals surface area (Å²) in [6, 6.07) is 10.8. The number of halogens is 3. The van der Waals surface area contributed by atoms with E-state index < -0.39 is 17.8 Å². The molecule has 0 fully saturated rings. The van der Waals surface area contributed by atoms with Crippen LogP contribution < -0.4 is 0 Å². The summed E-state index contributed by atoms with van der Waals surface area (Å²) in [5.41, 5.74) is 1.12. The minimum Gasteiger partial charge on any atom is -0.336 e. The molecule has 4 aromatic rings. The number of nitrogens with zero attached hydrogens (tertiary/aromatic N) is 6. The van der Waals surface area contributed by atoms with Crippen molar-refractivity contribution in [3.8, 4) is 11.3 Å². The van der Waals surface area contributed by atoms with Crippen LogP contribution in [0.3, 0.4) is 0 Å². The summed E-state index contributed by atoms with van der Waals surface area (Å²) in [6.07, 6.45) is -2.88. The maximum Gasteiger partial charge on any atom is 0.433 e. The van der Waals surface area contributed by atoms with Gasteiger partial charge in [0.25, 0.3) is 5.91 Å². The van der Waals surface area contributed by atoms with E-state index in [0.29, 0.717) is 10.1 Å². The van der Waals surface area contributed by atoms with Crippen molar-refractivity contribution in [1.82, 2.24) is 29.3 Å². The Morgan fingerprint density at radius 3 is 2.45 bits per heavy atom. The number of aromatic nitrogens is 5. The van der Waals surface area contributed by atoms with E-state index in [2.05, 4.69) is 15.2 Å². The Bertz CT molecular complexity index is 1260. The topological polar surface area (TPSA) is 68.3 Å². The van der Waals surface area contributed by atoms with Gasteiger partial charge < -0.3 is 4.90 Å². The third-order valence-corrected chi connectivity index (χ3v) is 4.88. The summed E-state index contributed by atoms with van der Waals surface area (Å²) in [4.78, 5) is 18.6. The van der Waals surface area contributed by atoms with Gasteiger partial charge in [0.15, 0.2) is 17.0 Å². The Balaban J connectivity index is 1.74. The van der Waals surface area contributed by atoms with Gasteiger partial charge in [0.1, 0.15) is 0 Å². The van der Waals surface area contributed by atoms with Gasteiger partial charge in [-0.25, -0.2) is 9.50 Å². The van der Waals surface area contributed by atoms with Crippen molar-refractivity contribution in [2.45, 2.75) is 19.6 Å². The van der Waals surface area contributed by atoms with Gasteiger partial charge in [-0.2, -0.15) is 23.4 Å². The van der Waals surface area contributed by atoms with Crippen molar-refractivity contribution >= 4 is 11.6 Å². The highest BCUT2D eigenvalue weighted by atomic mass is 19.4. The Morgan fingerprint density at radius 1 is 1.13 bits per heavy atom. The molecular formula is C21H19F3N6O. The fourth-order valence-electron chi connectivity index (χ4n) is 3.36. The number of rotatable bonds is 4. The van der Waals surface area contributed by atoms with Crippen LogP contribution >= 0.6 is 0 Å². The molecule has 3 heterocycles. The lowest BCUT2D eigenvalue weighted by Crippen LogP contribution is -2.27. The van der Waals surface area contributed by atoms with Crippen molar-refractivity contribution < 1.29 is 18.0 Å². The molecule has 0 N–H and O–H groups in total. The highest BCUT2D eigenvalue weighted by Crippen LogP contribution is 2.32. The van der Waals surface area contributed by atoms with Crippen molar-refractivity contribution in [2.75, 3.05) is 7.05 Å². The van der Waals surface area contributed by atoms with E-state index in [1.165, 1.54) is 11.0 Å². The zero-order chi connectivity index (χ0) is 22.3. The predicted octanol–water partition coefficient (Wildman–Crippen LogP) is 3.73. The number of amides is 1. The smallest absolute Gasteiger partial charge is 0.336 e. The molecule has 4 rings (SSSR count). The largest absolute Gasteiger partial charge is 0.433 e. The molecular weight excluding hydrogens is 409 g/mol. The molecule has 0 saturated carbocycles. The maximum atomic E-state index is 13.7. The fourth-order valence-corrected chi connectivity index (χ4v) is 3.36. The molecule has 0 radical (unpaired) electrons. The van der Waals surface area contributed by atoms with E-state index >= 15 is 0 Å². The Hall–Kier alpha value is -3.69. The van der Waals surface area contributed by atoms with Crippen LogP contribution in [0.4, 0.5) is 13.2 Å². The molecule has 31 heavy (non-hydrogen) atoms. The molecule has 7 nitrogen and oxygen atoms in total. The molecule has 3 aromatic heterocycles. The first-order valence-corrected chi connectivity index (χ1v) is 9.41. The van der Waals surface area contributed by atoms with Crippen molar-refractivity contribution in [2.24, 2.45) is 7.05 Å². The second kappa shape index (κ2) is 7.53. The third-order valence-electron chi connectivity index (χ3n) is 4.88. The number of carbonyl (C=O) groups is 1. The normalized spacial score (nSPS) is 11.8. The predicted molar refractivity (Wildman–Crippen MR) is 107 cm³/mol. The van der Waals surface area contributed by atoms with Gasteiger partial charge in [-0.15, -0.1) is 0 Å². The summed E-state index contributed by atoms with van der Waals surface area (Å²) in [5, 5.41) is 8.16. The summed E-state index contributed by atoms with van der Waals surface area (Å²) in [6.45, 7) is 2.07. The molecule has 1 aromatic carbocycles. The number of hydrogen-bond acceptors (Lipinski definition) is 4. The molecule has 0 aliphatic carbocycles. The number of aryl methyl sites for hydroxylation is 2. The maximum absolute atomic E-state index is 13.7. The second-order valence-corrected chi connectivity index (χ2v) is 7.26. The molecule has 0 aliphatic heterocycles. The lowest BCUT2D eigenvalue weighted by atomic mass is 10.1. The van der Waals surface area contributed by atoms with Gasteiger partial charge >= 0.3 is 6.18 Å². The molecule has 0 unspecified atom stereocenters. The van der Waals surface area contributed by atoms with Crippen molar-refractivity contribution in [3.05, 3.63) is 71.3 Å². The molecule has 1 amide bonds. The third kappa shape index (κ3) is 4.00. The van der Waals surface area contributed by atoms with E-state index in [1.807, 2.05) is 6.92 Å². The van der Waals surface area contributed by atoms with Gasteiger partial charge in [0.05, 0.1) is 11.4 Å². The van der Waals surface area contributed by atoms with Gasteiger partial charge in [0, 0.05) is 44.0 Å². The van der Waals surface area contributed by atoms with Crippen LogP contribution in [-0.2, 0) is 19.8 Å². The quantitative estimate of drug-likeness (QED) is 0.497. The summed E-state index contributed by atoms with van der Waals surface area (Å²) in [5.74, 6) is -0.511. The Kier molecular flexibility index (Phi) is 5.00. The molecule has 0 saturated heterocycles. The molecule has 160 valence electrons. The molecule has 0 aliphatic rings. The van der Waals surface area contributed by atoms with Crippen LogP contribution in [-0.4, -0.2) is 42.2 Å². The van der Waals surface area contributed by atoms with Crippen LogP contribution in [0.15, 0.2) is 48.7 Å². The minimum absolute atomic E-state index is 0.0528. The molecule has 10 heteroatoms. The lowest BCUT2D eigenvalue weighted by molar-refractivity contribution is -0.142. The van der Waals surface area contributed by atoms with Crippen molar-refractivity contribution in [1.29, 1.82) is 0 Å². The molecule has 0 atom stereocenters. The average molecular weight is 428 g/mol. The highest BCUT2D eigenvalue weighted by Gasteiger charge is 2.36. The first-order chi connectivity index (χ1) is 14.6. The minimum atomic E-state index is -4.67. The first kappa shape index (κ1) is 20.6. The van der Waals surface area contributed by atoms with E-state index in [-0.39, 0.29) is 23.6 Å². The standard InChI is InChI=1S/C21H19F3N6O/c1-13-15(12-29(3)26-13)11-28(2)20(31)17-10-19-25-16(14-7-5-4-6-8-14)9-18(21(22,23)24)30(19)27-17/h4-10,12H,11H2,1-3H3. The fraction of sp³-hybridized carbons (Fsp3) is 0.238. The van der Waals surface area contributed by atoms with Crippen LogP contribution in [0.25, 0.3) is 16.9 Å². The van der Waals surface area contributed by atoms with Crippen molar-refractivity contribution in [3.63, 3.8) is 0 Å². The van der Waals surface area contributed by atoms with E-state index in [9.17, 15) is 18.0 Å². The Morgan fingerprint density at radius 2 is 1.84 bits per heavy atom. The lowest BCUT2D eigenvalue weighted by Gasteiger charge is -2.15. The highest BCUT2D eigenvalue weighted by molar-refractivity contribution is 5.93.